The Morgan fingerprint density at radius 1 is 1.32 bits per heavy atom. The van der Waals surface area contributed by atoms with E-state index in [1.807, 2.05) is 6.92 Å². The highest BCUT2D eigenvalue weighted by atomic mass is 35.5. The van der Waals surface area contributed by atoms with Crippen LogP contribution >= 0.6 is 11.6 Å². The third-order valence-corrected chi connectivity index (χ3v) is 4.21. The maximum atomic E-state index is 12.4. The minimum absolute atomic E-state index is 0.0191. The molecule has 148 valence electrons. The summed E-state index contributed by atoms with van der Waals surface area (Å²) in [6, 6.07) is 9.72. The quantitative estimate of drug-likeness (QED) is 0.371. The van der Waals surface area contributed by atoms with Crippen molar-refractivity contribution in [1.29, 1.82) is 0 Å². The molecule has 0 bridgehead atoms. The smallest absolute Gasteiger partial charge is 0.274 e. The van der Waals surface area contributed by atoms with Crippen molar-refractivity contribution in [2.75, 3.05) is 20.8 Å². The minimum Gasteiger partial charge on any atom is -0.491 e. The zero-order valence-electron chi connectivity index (χ0n) is 15.8. The molecule has 0 radical (unpaired) electrons. The van der Waals surface area contributed by atoms with Gasteiger partial charge in [0.1, 0.15) is 0 Å². The van der Waals surface area contributed by atoms with E-state index in [1.54, 1.807) is 43.5 Å². The number of hydrogen-bond donors (Lipinski definition) is 0. The van der Waals surface area contributed by atoms with Gasteiger partial charge in [-0.2, -0.15) is 0 Å². The van der Waals surface area contributed by atoms with Crippen molar-refractivity contribution in [2.24, 2.45) is 0 Å². The predicted molar refractivity (Wildman–Crippen MR) is 108 cm³/mol. The number of hydrogen-bond acceptors (Lipinski definition) is 5. The summed E-state index contributed by atoms with van der Waals surface area (Å²) in [4.78, 5) is 24.4. The number of amides is 1. The largest absolute Gasteiger partial charge is 0.491 e. The fourth-order valence-corrected chi connectivity index (χ4v) is 2.89. The second-order valence-electron chi connectivity index (χ2n) is 5.88. The van der Waals surface area contributed by atoms with Gasteiger partial charge in [-0.3, -0.25) is 14.9 Å². The average molecular weight is 405 g/mol. The summed E-state index contributed by atoms with van der Waals surface area (Å²) in [5.74, 6) is 0.612. The van der Waals surface area contributed by atoms with Gasteiger partial charge in [0.15, 0.2) is 11.5 Å². The number of para-hydroxylation sites is 1. The van der Waals surface area contributed by atoms with Crippen molar-refractivity contribution in [3.8, 4) is 11.5 Å². The molecule has 2 aromatic rings. The molecule has 2 aromatic carbocycles. The molecule has 0 spiro atoms. The predicted octanol–water partition coefficient (Wildman–Crippen LogP) is 4.33. The molecule has 0 aliphatic heterocycles. The van der Waals surface area contributed by atoms with E-state index in [1.165, 1.54) is 24.2 Å². The summed E-state index contributed by atoms with van der Waals surface area (Å²) >= 11 is 6.20. The highest BCUT2D eigenvalue weighted by Crippen LogP contribution is 2.36. The summed E-state index contributed by atoms with van der Waals surface area (Å²) in [7, 11) is 3.08. The minimum atomic E-state index is -0.460. The first-order valence-electron chi connectivity index (χ1n) is 8.53. The van der Waals surface area contributed by atoms with Crippen LogP contribution in [0, 0.1) is 10.1 Å². The van der Waals surface area contributed by atoms with E-state index in [-0.39, 0.29) is 18.1 Å². The molecule has 0 aromatic heterocycles. The first-order valence-corrected chi connectivity index (χ1v) is 8.91. The number of likely N-dealkylation sites (N-methyl/N-ethyl adjacent to an activating group) is 1. The first-order chi connectivity index (χ1) is 13.4. The second kappa shape index (κ2) is 9.75. The van der Waals surface area contributed by atoms with Crippen LogP contribution in [0.1, 0.15) is 18.1 Å². The van der Waals surface area contributed by atoms with Gasteiger partial charge in [-0.25, -0.2) is 0 Å². The summed E-state index contributed by atoms with van der Waals surface area (Å²) < 4.78 is 10.7. The molecule has 0 saturated carbocycles. The maximum Gasteiger partial charge on any atom is 0.274 e. The monoisotopic (exact) mass is 404 g/mol. The number of halogens is 1. The normalized spacial score (nSPS) is 10.7. The van der Waals surface area contributed by atoms with Gasteiger partial charge in [0.2, 0.25) is 5.91 Å². The number of ether oxygens (including phenoxy) is 2. The van der Waals surface area contributed by atoms with E-state index >= 15 is 0 Å². The molecular formula is C20H21ClN2O5. The number of nitro benzene ring substituents is 1. The van der Waals surface area contributed by atoms with Crippen LogP contribution in [0.4, 0.5) is 5.69 Å². The molecule has 0 aliphatic carbocycles. The van der Waals surface area contributed by atoms with Crippen LogP contribution in [0.25, 0.3) is 6.08 Å². The molecule has 1 amide bonds. The Morgan fingerprint density at radius 2 is 2.04 bits per heavy atom. The number of carbonyl (C=O) groups is 1. The molecule has 0 saturated heterocycles. The van der Waals surface area contributed by atoms with Crippen molar-refractivity contribution >= 4 is 29.3 Å². The van der Waals surface area contributed by atoms with Crippen LogP contribution in [0.15, 0.2) is 42.5 Å². The summed E-state index contributed by atoms with van der Waals surface area (Å²) in [6.45, 7) is 2.41. The summed E-state index contributed by atoms with van der Waals surface area (Å²) in [5, 5.41) is 11.5. The fourth-order valence-electron chi connectivity index (χ4n) is 2.60. The van der Waals surface area contributed by atoms with Gasteiger partial charge < -0.3 is 14.4 Å². The SMILES string of the molecule is CCOc1cc(/C=C/C(=O)N(C)Cc2ccccc2[N+](=O)[O-])cc(Cl)c1OC. The van der Waals surface area contributed by atoms with Crippen molar-refractivity contribution in [3.63, 3.8) is 0 Å². The van der Waals surface area contributed by atoms with Crippen LogP contribution in [0.5, 0.6) is 11.5 Å². The lowest BCUT2D eigenvalue weighted by Gasteiger charge is -2.15. The highest BCUT2D eigenvalue weighted by molar-refractivity contribution is 6.32. The van der Waals surface area contributed by atoms with Crippen molar-refractivity contribution in [3.05, 3.63) is 68.7 Å². The third kappa shape index (κ3) is 5.23. The lowest BCUT2D eigenvalue weighted by molar-refractivity contribution is -0.385. The molecule has 0 aliphatic rings. The van der Waals surface area contributed by atoms with Gasteiger partial charge in [-0.1, -0.05) is 29.8 Å². The molecule has 0 fully saturated rings. The molecule has 8 heteroatoms. The van der Waals surface area contributed by atoms with Crippen LogP contribution in [0.2, 0.25) is 5.02 Å². The van der Waals surface area contributed by atoms with Crippen LogP contribution in [-0.4, -0.2) is 36.5 Å². The van der Waals surface area contributed by atoms with E-state index in [4.69, 9.17) is 21.1 Å². The molecule has 2 rings (SSSR count). The lowest BCUT2D eigenvalue weighted by atomic mass is 10.1. The third-order valence-electron chi connectivity index (χ3n) is 3.93. The molecule has 0 atom stereocenters. The summed E-state index contributed by atoms with van der Waals surface area (Å²) in [5.41, 5.74) is 1.11. The zero-order valence-corrected chi connectivity index (χ0v) is 16.6. The Hall–Kier alpha value is -3.06. The zero-order chi connectivity index (χ0) is 20.7. The van der Waals surface area contributed by atoms with Crippen LogP contribution in [-0.2, 0) is 11.3 Å². The van der Waals surface area contributed by atoms with Gasteiger partial charge in [-0.15, -0.1) is 0 Å². The maximum absolute atomic E-state index is 12.4. The van der Waals surface area contributed by atoms with Crippen molar-refractivity contribution in [1.82, 2.24) is 4.90 Å². The Labute approximate surface area is 168 Å². The van der Waals surface area contributed by atoms with Gasteiger partial charge in [0.05, 0.1) is 30.2 Å². The Morgan fingerprint density at radius 3 is 2.68 bits per heavy atom. The molecule has 28 heavy (non-hydrogen) atoms. The van der Waals surface area contributed by atoms with E-state index in [2.05, 4.69) is 0 Å². The van der Waals surface area contributed by atoms with Gasteiger partial charge in [0, 0.05) is 24.8 Å². The molecule has 0 unspecified atom stereocenters. The summed E-state index contributed by atoms with van der Waals surface area (Å²) in [6.07, 6.45) is 2.98. The van der Waals surface area contributed by atoms with Gasteiger partial charge in [-0.05, 0) is 30.7 Å². The number of carbonyl (C=O) groups excluding carboxylic acids is 1. The van der Waals surface area contributed by atoms with E-state index in [0.29, 0.717) is 34.3 Å². The van der Waals surface area contributed by atoms with Crippen molar-refractivity contribution < 1.29 is 19.2 Å². The Bertz CT molecular complexity index is 898. The number of nitrogens with zero attached hydrogens (tertiary/aromatic N) is 2. The number of nitro groups is 1. The first kappa shape index (κ1) is 21.2. The van der Waals surface area contributed by atoms with E-state index in [9.17, 15) is 14.9 Å². The molecular weight excluding hydrogens is 384 g/mol. The number of methoxy groups -OCH3 is 1. The van der Waals surface area contributed by atoms with Gasteiger partial charge >= 0.3 is 0 Å². The topological polar surface area (TPSA) is 81.9 Å². The van der Waals surface area contributed by atoms with E-state index < -0.39 is 4.92 Å². The average Bonchev–Trinajstić information content (AvgIpc) is 2.66. The number of rotatable bonds is 8. The Kier molecular flexibility index (Phi) is 7.40. The Balaban J connectivity index is 2.16. The second-order valence-corrected chi connectivity index (χ2v) is 6.29. The number of benzene rings is 2. The standard InChI is InChI=1S/C20H21ClN2O5/c1-4-28-18-12-14(11-16(21)20(18)27-3)9-10-19(24)22(2)13-15-7-5-6-8-17(15)23(25)26/h5-12H,4,13H2,1-3H3/b10-9+. The molecule has 0 heterocycles. The van der Waals surface area contributed by atoms with Crippen LogP contribution < -0.4 is 9.47 Å². The fraction of sp³-hybridized carbons (Fsp3) is 0.250. The van der Waals surface area contributed by atoms with Gasteiger partial charge in [0.25, 0.3) is 5.69 Å². The lowest BCUT2D eigenvalue weighted by Crippen LogP contribution is -2.24. The van der Waals surface area contributed by atoms with Crippen LogP contribution in [0.3, 0.4) is 0 Å². The molecule has 0 N–H and O–H groups in total. The van der Waals surface area contributed by atoms with E-state index in [0.717, 1.165) is 0 Å². The highest BCUT2D eigenvalue weighted by Gasteiger charge is 2.16. The van der Waals surface area contributed by atoms with Crippen molar-refractivity contribution in [2.45, 2.75) is 13.5 Å². The molecule has 7 nitrogen and oxygen atoms in total.